The summed E-state index contributed by atoms with van der Waals surface area (Å²) in [5, 5.41) is 3.50. The molecular formula is C23H29ClN2O4. The van der Waals surface area contributed by atoms with E-state index in [2.05, 4.69) is 12.2 Å². The molecule has 0 fully saturated rings. The monoisotopic (exact) mass is 432 g/mol. The first-order valence-corrected chi connectivity index (χ1v) is 10.4. The van der Waals surface area contributed by atoms with Gasteiger partial charge in [0, 0.05) is 18.1 Å². The first-order valence-electron chi connectivity index (χ1n) is 10.0. The second-order valence-electron chi connectivity index (χ2n) is 6.91. The normalized spacial score (nSPS) is 11.5. The minimum atomic E-state index is -0.647. The van der Waals surface area contributed by atoms with Crippen molar-refractivity contribution in [3.63, 3.8) is 0 Å². The molecule has 2 rings (SSSR count). The zero-order chi connectivity index (χ0) is 21.9. The van der Waals surface area contributed by atoms with Crippen LogP contribution in [-0.2, 0) is 16.1 Å². The van der Waals surface area contributed by atoms with Crippen LogP contribution in [0.25, 0.3) is 0 Å². The molecular weight excluding hydrogens is 404 g/mol. The number of halogens is 1. The summed E-state index contributed by atoms with van der Waals surface area (Å²) in [4.78, 5) is 27.1. The van der Waals surface area contributed by atoms with Gasteiger partial charge in [0.15, 0.2) is 18.1 Å². The Morgan fingerprint density at radius 1 is 1.10 bits per heavy atom. The molecule has 0 aliphatic carbocycles. The van der Waals surface area contributed by atoms with E-state index in [4.69, 9.17) is 21.1 Å². The molecule has 6 nitrogen and oxygen atoms in total. The molecule has 2 aromatic carbocycles. The zero-order valence-electron chi connectivity index (χ0n) is 17.7. The molecule has 0 aliphatic rings. The van der Waals surface area contributed by atoms with Crippen molar-refractivity contribution in [2.24, 2.45) is 0 Å². The fourth-order valence-corrected chi connectivity index (χ4v) is 2.99. The number of para-hydroxylation sites is 2. The maximum Gasteiger partial charge on any atom is 0.261 e. The number of methoxy groups -OCH3 is 1. The van der Waals surface area contributed by atoms with Crippen molar-refractivity contribution >= 4 is 23.4 Å². The number of unbranched alkanes of at least 4 members (excludes halogenated alkanes) is 1. The van der Waals surface area contributed by atoms with E-state index >= 15 is 0 Å². The Kier molecular flexibility index (Phi) is 9.48. The third-order valence-corrected chi connectivity index (χ3v) is 4.94. The van der Waals surface area contributed by atoms with E-state index in [1.807, 2.05) is 18.2 Å². The molecule has 0 aliphatic heterocycles. The minimum Gasteiger partial charge on any atom is -0.493 e. The number of hydrogen-bond acceptors (Lipinski definition) is 4. The molecule has 0 aromatic heterocycles. The first-order chi connectivity index (χ1) is 14.5. The molecule has 1 N–H and O–H groups in total. The predicted molar refractivity (Wildman–Crippen MR) is 118 cm³/mol. The number of amides is 2. The average molecular weight is 433 g/mol. The molecule has 7 heteroatoms. The zero-order valence-corrected chi connectivity index (χ0v) is 18.4. The lowest BCUT2D eigenvalue weighted by molar-refractivity contribution is -0.142. The number of benzene rings is 2. The number of rotatable bonds is 11. The molecule has 0 radical (unpaired) electrons. The summed E-state index contributed by atoms with van der Waals surface area (Å²) < 4.78 is 10.9. The highest BCUT2D eigenvalue weighted by molar-refractivity contribution is 6.30. The largest absolute Gasteiger partial charge is 0.493 e. The Labute approximate surface area is 183 Å². The molecule has 0 heterocycles. The minimum absolute atomic E-state index is 0.192. The van der Waals surface area contributed by atoms with Gasteiger partial charge in [0.05, 0.1) is 7.11 Å². The molecule has 0 saturated carbocycles. The molecule has 0 unspecified atom stereocenters. The van der Waals surface area contributed by atoms with E-state index < -0.39 is 6.04 Å². The fourth-order valence-electron chi connectivity index (χ4n) is 2.87. The maximum atomic E-state index is 13.0. The van der Waals surface area contributed by atoms with Crippen LogP contribution in [0.3, 0.4) is 0 Å². The Morgan fingerprint density at radius 3 is 2.40 bits per heavy atom. The van der Waals surface area contributed by atoms with Crippen molar-refractivity contribution < 1.29 is 19.1 Å². The summed E-state index contributed by atoms with van der Waals surface area (Å²) in [5.41, 5.74) is 0.873. The van der Waals surface area contributed by atoms with Crippen LogP contribution in [0.2, 0.25) is 5.02 Å². The van der Waals surface area contributed by atoms with Gasteiger partial charge in [-0.25, -0.2) is 0 Å². The first kappa shape index (κ1) is 23.5. The smallest absolute Gasteiger partial charge is 0.261 e. The molecule has 0 bridgehead atoms. The number of nitrogens with one attached hydrogen (secondary N) is 1. The summed E-state index contributed by atoms with van der Waals surface area (Å²) in [7, 11) is 1.54. The molecule has 162 valence electrons. The topological polar surface area (TPSA) is 67.9 Å². The van der Waals surface area contributed by atoms with Gasteiger partial charge in [0.25, 0.3) is 5.91 Å². The molecule has 2 aromatic rings. The van der Waals surface area contributed by atoms with E-state index in [1.165, 1.54) is 4.90 Å². The van der Waals surface area contributed by atoms with Crippen molar-refractivity contribution in [3.8, 4) is 11.5 Å². The van der Waals surface area contributed by atoms with Gasteiger partial charge in [-0.15, -0.1) is 0 Å². The SMILES string of the molecule is CCCCNC(=O)[C@@H](C)N(Cc1ccc(Cl)cc1)C(=O)COc1ccccc1OC. The summed E-state index contributed by atoms with van der Waals surface area (Å²) >= 11 is 5.96. The number of ether oxygens (including phenoxy) is 2. The van der Waals surface area contributed by atoms with Crippen LogP contribution in [0.4, 0.5) is 0 Å². The Balaban J connectivity index is 2.13. The summed E-state index contributed by atoms with van der Waals surface area (Å²) in [6.45, 7) is 4.42. The molecule has 0 saturated heterocycles. The van der Waals surface area contributed by atoms with Crippen LogP contribution in [0, 0.1) is 0 Å². The van der Waals surface area contributed by atoms with E-state index in [0.717, 1.165) is 18.4 Å². The third-order valence-electron chi connectivity index (χ3n) is 4.68. The summed E-state index contributed by atoms with van der Waals surface area (Å²) in [6.07, 6.45) is 1.87. The van der Waals surface area contributed by atoms with E-state index in [1.54, 1.807) is 44.4 Å². The number of carbonyl (C=O) groups excluding carboxylic acids is 2. The molecule has 1 atom stereocenters. The summed E-state index contributed by atoms with van der Waals surface area (Å²) in [5.74, 6) is 0.525. The van der Waals surface area contributed by atoms with Crippen LogP contribution in [0.1, 0.15) is 32.3 Å². The van der Waals surface area contributed by atoms with Crippen molar-refractivity contribution in [1.29, 1.82) is 0 Å². The van der Waals surface area contributed by atoms with E-state index in [0.29, 0.717) is 23.1 Å². The molecule has 0 spiro atoms. The van der Waals surface area contributed by atoms with E-state index in [-0.39, 0.29) is 25.0 Å². The van der Waals surface area contributed by atoms with Crippen LogP contribution in [0.5, 0.6) is 11.5 Å². The lowest BCUT2D eigenvalue weighted by Gasteiger charge is -2.29. The summed E-state index contributed by atoms with van der Waals surface area (Å²) in [6, 6.07) is 13.7. The lowest BCUT2D eigenvalue weighted by atomic mass is 10.1. The highest BCUT2D eigenvalue weighted by Gasteiger charge is 2.26. The lowest BCUT2D eigenvalue weighted by Crippen LogP contribution is -2.49. The highest BCUT2D eigenvalue weighted by Crippen LogP contribution is 2.26. The van der Waals surface area contributed by atoms with Gasteiger partial charge in [-0.1, -0.05) is 49.2 Å². The van der Waals surface area contributed by atoms with Gasteiger partial charge in [0.1, 0.15) is 6.04 Å². The van der Waals surface area contributed by atoms with Crippen molar-refractivity contribution in [3.05, 3.63) is 59.1 Å². The highest BCUT2D eigenvalue weighted by atomic mass is 35.5. The second kappa shape index (κ2) is 12.1. The Bertz CT molecular complexity index is 826. The third kappa shape index (κ3) is 6.95. The quantitative estimate of drug-likeness (QED) is 0.544. The second-order valence-corrected chi connectivity index (χ2v) is 7.34. The Hall–Kier alpha value is -2.73. The van der Waals surface area contributed by atoms with Gasteiger partial charge in [0.2, 0.25) is 5.91 Å². The molecule has 2 amide bonds. The van der Waals surface area contributed by atoms with Crippen LogP contribution < -0.4 is 14.8 Å². The number of hydrogen-bond donors (Lipinski definition) is 1. The van der Waals surface area contributed by atoms with Gasteiger partial charge in [-0.2, -0.15) is 0 Å². The van der Waals surface area contributed by atoms with Crippen LogP contribution in [0.15, 0.2) is 48.5 Å². The van der Waals surface area contributed by atoms with Gasteiger partial charge < -0.3 is 19.7 Å². The van der Waals surface area contributed by atoms with Crippen LogP contribution in [-0.4, -0.2) is 43.0 Å². The predicted octanol–water partition coefficient (Wildman–Crippen LogP) is 4.06. The number of nitrogens with zero attached hydrogens (tertiary/aromatic N) is 1. The van der Waals surface area contributed by atoms with Crippen molar-refractivity contribution in [2.45, 2.75) is 39.3 Å². The van der Waals surface area contributed by atoms with Gasteiger partial charge in [-0.3, -0.25) is 9.59 Å². The van der Waals surface area contributed by atoms with Gasteiger partial charge in [-0.05, 0) is 43.2 Å². The van der Waals surface area contributed by atoms with E-state index in [9.17, 15) is 9.59 Å². The average Bonchev–Trinajstić information content (AvgIpc) is 2.76. The van der Waals surface area contributed by atoms with Crippen LogP contribution >= 0.6 is 11.6 Å². The van der Waals surface area contributed by atoms with Crippen molar-refractivity contribution in [2.75, 3.05) is 20.3 Å². The van der Waals surface area contributed by atoms with Gasteiger partial charge >= 0.3 is 0 Å². The number of carbonyl (C=O) groups is 2. The van der Waals surface area contributed by atoms with Crippen molar-refractivity contribution in [1.82, 2.24) is 10.2 Å². The Morgan fingerprint density at radius 2 is 1.77 bits per heavy atom. The maximum absolute atomic E-state index is 13.0. The standard InChI is InChI=1S/C23H29ClN2O4/c1-4-5-14-25-23(28)17(2)26(15-18-10-12-19(24)13-11-18)22(27)16-30-21-9-7-6-8-20(21)29-3/h6-13,17H,4-5,14-16H2,1-3H3,(H,25,28)/t17-/m1/s1. The molecule has 30 heavy (non-hydrogen) atoms. The fraction of sp³-hybridized carbons (Fsp3) is 0.391.